The van der Waals surface area contributed by atoms with E-state index in [1.165, 1.54) is 5.56 Å². The number of rotatable bonds is 4. The van der Waals surface area contributed by atoms with Gasteiger partial charge in [-0.3, -0.25) is 4.68 Å². The van der Waals surface area contributed by atoms with Gasteiger partial charge in [0.1, 0.15) is 5.56 Å². The molecule has 1 N–H and O–H groups in total. The predicted molar refractivity (Wildman–Crippen MR) is 78.3 cm³/mol. The quantitative estimate of drug-likeness (QED) is 0.928. The lowest BCUT2D eigenvalue weighted by Crippen LogP contribution is -2.06. The van der Waals surface area contributed by atoms with E-state index in [-0.39, 0.29) is 0 Å². The van der Waals surface area contributed by atoms with E-state index < -0.39 is 5.97 Å². The summed E-state index contributed by atoms with van der Waals surface area (Å²) < 4.78 is 1.75. The van der Waals surface area contributed by atoms with Crippen LogP contribution >= 0.6 is 0 Å². The molecule has 0 saturated heterocycles. The molecule has 0 aliphatic heterocycles. The van der Waals surface area contributed by atoms with Crippen LogP contribution in [0.3, 0.4) is 0 Å². The Hall–Kier alpha value is -2.10. The van der Waals surface area contributed by atoms with Crippen LogP contribution in [0.4, 0.5) is 0 Å². The van der Waals surface area contributed by atoms with Gasteiger partial charge < -0.3 is 5.11 Å². The molecule has 1 heterocycles. The van der Waals surface area contributed by atoms with E-state index in [2.05, 4.69) is 43.2 Å². The second-order valence-electron chi connectivity index (χ2n) is 5.40. The number of carboxylic acid groups (broad SMARTS) is 1. The molecular formula is C16H20N2O2. The second kappa shape index (κ2) is 5.49. The fraction of sp³-hybridized carbons (Fsp3) is 0.375. The van der Waals surface area contributed by atoms with Gasteiger partial charge in [-0.1, -0.05) is 38.1 Å². The summed E-state index contributed by atoms with van der Waals surface area (Å²) in [7, 11) is 0. The molecule has 106 valence electrons. The summed E-state index contributed by atoms with van der Waals surface area (Å²) in [5, 5.41) is 13.5. The molecular weight excluding hydrogens is 252 g/mol. The summed E-state index contributed by atoms with van der Waals surface area (Å²) in [6.07, 6.45) is 0. The Bertz CT molecular complexity index is 625. The molecule has 20 heavy (non-hydrogen) atoms. The lowest BCUT2D eigenvalue weighted by Gasteiger charge is -2.08. The van der Waals surface area contributed by atoms with Crippen LogP contribution in [-0.2, 0) is 6.54 Å². The van der Waals surface area contributed by atoms with Gasteiger partial charge >= 0.3 is 5.97 Å². The fourth-order valence-corrected chi connectivity index (χ4v) is 2.34. The monoisotopic (exact) mass is 272 g/mol. The Kier molecular flexibility index (Phi) is 3.93. The van der Waals surface area contributed by atoms with Crippen LogP contribution in [0, 0.1) is 13.8 Å². The van der Waals surface area contributed by atoms with Gasteiger partial charge in [-0.05, 0) is 30.9 Å². The molecule has 1 aromatic heterocycles. The lowest BCUT2D eigenvalue weighted by atomic mass is 10.0. The first kappa shape index (κ1) is 14.3. The van der Waals surface area contributed by atoms with Crippen LogP contribution in [0.15, 0.2) is 24.3 Å². The summed E-state index contributed by atoms with van der Waals surface area (Å²) in [5.74, 6) is -0.405. The van der Waals surface area contributed by atoms with Crippen molar-refractivity contribution in [1.82, 2.24) is 9.78 Å². The van der Waals surface area contributed by atoms with Gasteiger partial charge in [-0.25, -0.2) is 4.79 Å². The lowest BCUT2D eigenvalue weighted by molar-refractivity contribution is 0.0695. The van der Waals surface area contributed by atoms with E-state index in [1.54, 1.807) is 18.5 Å². The first-order valence-electron chi connectivity index (χ1n) is 6.76. The van der Waals surface area contributed by atoms with Crippen molar-refractivity contribution in [2.45, 2.75) is 40.2 Å². The zero-order valence-electron chi connectivity index (χ0n) is 12.3. The van der Waals surface area contributed by atoms with E-state index in [0.717, 1.165) is 5.56 Å². The third-order valence-corrected chi connectivity index (χ3v) is 3.57. The molecule has 4 heteroatoms. The number of hydrogen-bond acceptors (Lipinski definition) is 2. The highest BCUT2D eigenvalue weighted by Gasteiger charge is 2.17. The van der Waals surface area contributed by atoms with Crippen molar-refractivity contribution >= 4 is 5.97 Å². The van der Waals surface area contributed by atoms with Crippen molar-refractivity contribution in [3.05, 3.63) is 52.3 Å². The molecule has 0 aliphatic carbocycles. The summed E-state index contributed by atoms with van der Waals surface area (Å²) in [4.78, 5) is 11.2. The van der Waals surface area contributed by atoms with Crippen molar-refractivity contribution < 1.29 is 9.90 Å². The van der Waals surface area contributed by atoms with Crippen LogP contribution < -0.4 is 0 Å². The number of carboxylic acids is 1. The summed E-state index contributed by atoms with van der Waals surface area (Å²) in [5.41, 5.74) is 3.99. The second-order valence-corrected chi connectivity index (χ2v) is 5.40. The number of aryl methyl sites for hydroxylation is 1. The molecule has 0 amide bonds. The number of benzene rings is 1. The largest absolute Gasteiger partial charge is 0.478 e. The third kappa shape index (κ3) is 2.74. The minimum atomic E-state index is -0.915. The minimum absolute atomic E-state index is 0.309. The number of nitrogens with zero attached hydrogens (tertiary/aromatic N) is 2. The average molecular weight is 272 g/mol. The Morgan fingerprint density at radius 1 is 1.25 bits per heavy atom. The maximum Gasteiger partial charge on any atom is 0.339 e. The third-order valence-electron chi connectivity index (χ3n) is 3.57. The van der Waals surface area contributed by atoms with E-state index in [1.807, 2.05) is 0 Å². The van der Waals surface area contributed by atoms with Gasteiger partial charge in [-0.2, -0.15) is 5.10 Å². The highest BCUT2D eigenvalue weighted by molar-refractivity contribution is 5.90. The van der Waals surface area contributed by atoms with E-state index in [9.17, 15) is 9.90 Å². The summed E-state index contributed by atoms with van der Waals surface area (Å²) in [6.45, 7) is 8.45. The molecule has 0 radical (unpaired) electrons. The zero-order valence-corrected chi connectivity index (χ0v) is 12.3. The van der Waals surface area contributed by atoms with Gasteiger partial charge in [0.25, 0.3) is 0 Å². The Morgan fingerprint density at radius 3 is 2.30 bits per heavy atom. The van der Waals surface area contributed by atoms with Crippen molar-refractivity contribution in [2.24, 2.45) is 0 Å². The maximum atomic E-state index is 11.2. The SMILES string of the molecule is Cc1nn(Cc2ccc(C(C)C)cc2)c(C)c1C(=O)O. The molecule has 0 saturated carbocycles. The predicted octanol–water partition coefficient (Wildman–Crippen LogP) is 3.37. The van der Waals surface area contributed by atoms with E-state index in [0.29, 0.717) is 29.4 Å². The number of hydrogen-bond donors (Lipinski definition) is 1. The van der Waals surface area contributed by atoms with Crippen molar-refractivity contribution in [3.8, 4) is 0 Å². The normalized spacial score (nSPS) is 11.1. The highest BCUT2D eigenvalue weighted by atomic mass is 16.4. The van der Waals surface area contributed by atoms with Crippen molar-refractivity contribution in [2.75, 3.05) is 0 Å². The molecule has 0 atom stereocenters. The smallest absolute Gasteiger partial charge is 0.339 e. The number of carbonyl (C=O) groups is 1. The van der Waals surface area contributed by atoms with Crippen LogP contribution in [0.5, 0.6) is 0 Å². The maximum absolute atomic E-state index is 11.2. The van der Waals surface area contributed by atoms with Crippen LogP contribution in [0.1, 0.15) is 52.6 Å². The molecule has 0 bridgehead atoms. The van der Waals surface area contributed by atoms with Gasteiger partial charge in [0.2, 0.25) is 0 Å². The summed E-state index contributed by atoms with van der Waals surface area (Å²) >= 11 is 0. The van der Waals surface area contributed by atoms with Gasteiger partial charge in [0, 0.05) is 0 Å². The van der Waals surface area contributed by atoms with Crippen LogP contribution in [0.2, 0.25) is 0 Å². The van der Waals surface area contributed by atoms with Gasteiger partial charge in [-0.15, -0.1) is 0 Å². The van der Waals surface area contributed by atoms with E-state index in [4.69, 9.17) is 0 Å². The molecule has 0 fully saturated rings. The molecule has 1 aromatic carbocycles. The molecule has 4 nitrogen and oxygen atoms in total. The highest BCUT2D eigenvalue weighted by Crippen LogP contribution is 2.17. The van der Waals surface area contributed by atoms with Crippen LogP contribution in [0.25, 0.3) is 0 Å². The van der Waals surface area contributed by atoms with Crippen molar-refractivity contribution in [1.29, 1.82) is 0 Å². The minimum Gasteiger partial charge on any atom is -0.478 e. The van der Waals surface area contributed by atoms with Crippen LogP contribution in [-0.4, -0.2) is 20.9 Å². The Labute approximate surface area is 119 Å². The molecule has 2 rings (SSSR count). The Balaban J connectivity index is 2.26. The van der Waals surface area contributed by atoms with Crippen molar-refractivity contribution in [3.63, 3.8) is 0 Å². The summed E-state index contributed by atoms with van der Waals surface area (Å²) in [6, 6.07) is 8.38. The molecule has 2 aromatic rings. The Morgan fingerprint density at radius 2 is 1.85 bits per heavy atom. The fourth-order valence-electron chi connectivity index (χ4n) is 2.34. The standard InChI is InChI=1S/C16H20N2O2/c1-10(2)14-7-5-13(6-8-14)9-18-12(4)15(16(19)20)11(3)17-18/h5-8,10H,9H2,1-4H3,(H,19,20). The average Bonchev–Trinajstić information content (AvgIpc) is 2.65. The first-order valence-corrected chi connectivity index (χ1v) is 6.76. The molecule has 0 aliphatic rings. The number of aromatic carboxylic acids is 1. The van der Waals surface area contributed by atoms with E-state index >= 15 is 0 Å². The zero-order chi connectivity index (χ0) is 14.9. The number of aromatic nitrogens is 2. The topological polar surface area (TPSA) is 55.1 Å². The van der Waals surface area contributed by atoms with Gasteiger partial charge in [0.05, 0.1) is 17.9 Å². The van der Waals surface area contributed by atoms with Gasteiger partial charge in [0.15, 0.2) is 0 Å². The molecule has 0 unspecified atom stereocenters. The first-order chi connectivity index (χ1) is 9.40. The molecule has 0 spiro atoms.